The highest BCUT2D eigenvalue weighted by Gasteiger charge is 2.44. The number of unbranched alkanes of at least 4 members (excludes halogenated alkanes) is 4. The van der Waals surface area contributed by atoms with Gasteiger partial charge in [0.25, 0.3) is 0 Å². The van der Waals surface area contributed by atoms with Crippen molar-refractivity contribution in [2.45, 2.75) is 95.6 Å². The molecule has 6 unspecified atom stereocenters. The van der Waals surface area contributed by atoms with Crippen LogP contribution in [-0.4, -0.2) is 89.0 Å². The van der Waals surface area contributed by atoms with Crippen molar-refractivity contribution in [1.82, 2.24) is 0 Å². The zero-order chi connectivity index (χ0) is 22.5. The van der Waals surface area contributed by atoms with E-state index < -0.39 is 55.4 Å². The van der Waals surface area contributed by atoms with Crippen LogP contribution in [0, 0.1) is 0 Å². The van der Waals surface area contributed by atoms with Gasteiger partial charge in [0.2, 0.25) is 0 Å². The van der Waals surface area contributed by atoms with Gasteiger partial charge in [-0.2, -0.15) is 0 Å². The average molecular weight is 436 g/mol. The van der Waals surface area contributed by atoms with Gasteiger partial charge in [0, 0.05) is 12.8 Å². The number of esters is 2. The highest BCUT2D eigenvalue weighted by atomic mass is 16.7. The van der Waals surface area contributed by atoms with Gasteiger partial charge in [-0.05, 0) is 6.42 Å². The standard InChI is InChI=1S/C20H36O10/c1-3-5-6-7-8-9-16(23)29-13(11-27-15(22)4-2)12-28-20-19(26)18(25)17(24)14(10-21)30-20/h13-14,17-21,24-26H,3-12H2,1-2H3. The summed E-state index contributed by atoms with van der Waals surface area (Å²) in [5, 5.41) is 38.9. The predicted molar refractivity (Wildman–Crippen MR) is 104 cm³/mol. The lowest BCUT2D eigenvalue weighted by atomic mass is 9.99. The van der Waals surface area contributed by atoms with Crippen molar-refractivity contribution in [2.75, 3.05) is 19.8 Å². The molecule has 1 aliphatic rings. The number of hydrogen-bond donors (Lipinski definition) is 4. The summed E-state index contributed by atoms with van der Waals surface area (Å²) in [7, 11) is 0. The Labute approximate surface area is 177 Å². The first kappa shape index (κ1) is 26.7. The van der Waals surface area contributed by atoms with Crippen LogP contribution in [0.5, 0.6) is 0 Å². The Morgan fingerprint density at radius 1 is 0.933 bits per heavy atom. The lowest BCUT2D eigenvalue weighted by Gasteiger charge is -2.39. The van der Waals surface area contributed by atoms with E-state index in [-0.39, 0.29) is 26.1 Å². The molecular formula is C20H36O10. The molecule has 1 aliphatic heterocycles. The van der Waals surface area contributed by atoms with E-state index in [4.69, 9.17) is 18.9 Å². The van der Waals surface area contributed by atoms with E-state index in [0.717, 1.165) is 25.7 Å². The number of ether oxygens (including phenoxy) is 4. The Morgan fingerprint density at radius 3 is 2.27 bits per heavy atom. The molecule has 0 aliphatic carbocycles. The fourth-order valence-electron chi connectivity index (χ4n) is 2.93. The Bertz CT molecular complexity index is 498. The number of carbonyl (C=O) groups excluding carboxylic acids is 2. The van der Waals surface area contributed by atoms with E-state index in [1.807, 2.05) is 0 Å². The Morgan fingerprint density at radius 2 is 1.63 bits per heavy atom. The topological polar surface area (TPSA) is 152 Å². The van der Waals surface area contributed by atoms with Gasteiger partial charge in [-0.1, -0.05) is 39.5 Å². The fourth-order valence-corrected chi connectivity index (χ4v) is 2.93. The summed E-state index contributed by atoms with van der Waals surface area (Å²) < 4.78 is 21.0. The second-order valence-electron chi connectivity index (χ2n) is 7.34. The van der Waals surface area contributed by atoms with Gasteiger partial charge < -0.3 is 39.4 Å². The summed E-state index contributed by atoms with van der Waals surface area (Å²) in [5.74, 6) is -0.926. The SMILES string of the molecule is CCCCCCCC(=O)OC(COC(=O)CC)COC1OC(CO)C(O)C(O)C1O. The highest BCUT2D eigenvalue weighted by Crippen LogP contribution is 2.22. The van der Waals surface area contributed by atoms with E-state index in [1.54, 1.807) is 6.92 Å². The molecule has 1 fully saturated rings. The minimum Gasteiger partial charge on any atom is -0.462 e. The largest absolute Gasteiger partial charge is 0.462 e. The summed E-state index contributed by atoms with van der Waals surface area (Å²) in [4.78, 5) is 23.5. The predicted octanol–water partition coefficient (Wildman–Crippen LogP) is 0.0284. The maximum absolute atomic E-state index is 12.1. The number of aliphatic hydroxyl groups excluding tert-OH is 4. The normalized spacial score (nSPS) is 27.5. The van der Waals surface area contributed by atoms with Gasteiger partial charge in [0.05, 0.1) is 13.2 Å². The molecule has 0 radical (unpaired) electrons. The first-order chi connectivity index (χ1) is 14.3. The number of aliphatic hydroxyl groups is 4. The van der Waals surface area contributed by atoms with Crippen molar-refractivity contribution in [1.29, 1.82) is 0 Å². The van der Waals surface area contributed by atoms with Crippen molar-refractivity contribution in [3.8, 4) is 0 Å². The second kappa shape index (κ2) is 14.7. The minimum atomic E-state index is -1.58. The van der Waals surface area contributed by atoms with Gasteiger partial charge in [-0.3, -0.25) is 9.59 Å². The molecule has 0 amide bonds. The average Bonchev–Trinajstić information content (AvgIpc) is 2.74. The molecule has 0 aromatic carbocycles. The number of hydrogen-bond acceptors (Lipinski definition) is 10. The van der Waals surface area contributed by atoms with Crippen LogP contribution in [0.25, 0.3) is 0 Å². The molecule has 1 rings (SSSR count). The van der Waals surface area contributed by atoms with Gasteiger partial charge in [-0.25, -0.2) is 0 Å². The minimum absolute atomic E-state index is 0.158. The van der Waals surface area contributed by atoms with Crippen molar-refractivity contribution in [3.05, 3.63) is 0 Å². The summed E-state index contributed by atoms with van der Waals surface area (Å²) in [6, 6.07) is 0. The Balaban J connectivity index is 2.58. The molecule has 0 spiro atoms. The smallest absolute Gasteiger partial charge is 0.306 e. The molecule has 176 valence electrons. The monoisotopic (exact) mass is 436 g/mol. The lowest BCUT2D eigenvalue weighted by Crippen LogP contribution is -2.59. The first-order valence-corrected chi connectivity index (χ1v) is 10.6. The fraction of sp³-hybridized carbons (Fsp3) is 0.900. The lowest BCUT2D eigenvalue weighted by molar-refractivity contribution is -0.305. The molecule has 10 nitrogen and oxygen atoms in total. The molecule has 10 heteroatoms. The maximum atomic E-state index is 12.1. The van der Waals surface area contributed by atoms with E-state index in [9.17, 15) is 30.0 Å². The van der Waals surface area contributed by atoms with Crippen LogP contribution in [0.2, 0.25) is 0 Å². The molecule has 0 aromatic heterocycles. The van der Waals surface area contributed by atoms with Crippen LogP contribution in [0.3, 0.4) is 0 Å². The van der Waals surface area contributed by atoms with Gasteiger partial charge in [0.1, 0.15) is 31.0 Å². The second-order valence-corrected chi connectivity index (χ2v) is 7.34. The number of rotatable bonds is 14. The van der Waals surface area contributed by atoms with E-state index in [1.165, 1.54) is 0 Å². The van der Waals surface area contributed by atoms with Crippen LogP contribution in [-0.2, 0) is 28.5 Å². The Kier molecular flexibility index (Phi) is 13.1. The highest BCUT2D eigenvalue weighted by molar-refractivity contribution is 5.70. The molecular weight excluding hydrogens is 400 g/mol. The van der Waals surface area contributed by atoms with Gasteiger partial charge in [0.15, 0.2) is 12.4 Å². The quantitative estimate of drug-likeness (QED) is 0.217. The maximum Gasteiger partial charge on any atom is 0.306 e. The molecule has 6 atom stereocenters. The summed E-state index contributed by atoms with van der Waals surface area (Å²) in [6.07, 6.45) is -2.83. The third kappa shape index (κ3) is 9.23. The van der Waals surface area contributed by atoms with Crippen molar-refractivity contribution >= 4 is 11.9 Å². The van der Waals surface area contributed by atoms with Gasteiger partial charge in [-0.15, -0.1) is 0 Å². The van der Waals surface area contributed by atoms with Crippen molar-refractivity contribution in [2.24, 2.45) is 0 Å². The molecule has 30 heavy (non-hydrogen) atoms. The molecule has 4 N–H and O–H groups in total. The van der Waals surface area contributed by atoms with E-state index >= 15 is 0 Å². The molecule has 0 aromatic rings. The van der Waals surface area contributed by atoms with E-state index in [0.29, 0.717) is 6.42 Å². The third-order valence-electron chi connectivity index (χ3n) is 4.80. The zero-order valence-corrected chi connectivity index (χ0v) is 17.8. The van der Waals surface area contributed by atoms with Crippen LogP contribution < -0.4 is 0 Å². The van der Waals surface area contributed by atoms with Crippen LogP contribution in [0.1, 0.15) is 58.8 Å². The molecule has 0 saturated carbocycles. The van der Waals surface area contributed by atoms with Crippen molar-refractivity contribution < 1.29 is 49.0 Å². The van der Waals surface area contributed by atoms with Crippen LogP contribution in [0.4, 0.5) is 0 Å². The summed E-state index contributed by atoms with van der Waals surface area (Å²) >= 11 is 0. The van der Waals surface area contributed by atoms with E-state index in [2.05, 4.69) is 6.92 Å². The van der Waals surface area contributed by atoms with Gasteiger partial charge >= 0.3 is 11.9 Å². The summed E-state index contributed by atoms with van der Waals surface area (Å²) in [5.41, 5.74) is 0. The Hall–Kier alpha value is -1.30. The number of carbonyl (C=O) groups is 2. The molecule has 1 saturated heterocycles. The molecule has 1 heterocycles. The van der Waals surface area contributed by atoms with Crippen LogP contribution in [0.15, 0.2) is 0 Å². The first-order valence-electron chi connectivity index (χ1n) is 10.6. The summed E-state index contributed by atoms with van der Waals surface area (Å²) in [6.45, 7) is 2.64. The van der Waals surface area contributed by atoms with Crippen LogP contribution >= 0.6 is 0 Å². The zero-order valence-electron chi connectivity index (χ0n) is 17.8. The van der Waals surface area contributed by atoms with Crippen molar-refractivity contribution in [3.63, 3.8) is 0 Å². The third-order valence-corrected chi connectivity index (χ3v) is 4.80. The molecule has 0 bridgehead atoms.